The Labute approximate surface area is 115 Å². The predicted octanol–water partition coefficient (Wildman–Crippen LogP) is 2.07. The Kier molecular flexibility index (Phi) is 3.94. The van der Waals surface area contributed by atoms with Crippen molar-refractivity contribution in [2.45, 2.75) is 40.2 Å². The van der Waals surface area contributed by atoms with Crippen LogP contribution in [-0.2, 0) is 0 Å². The van der Waals surface area contributed by atoms with Crippen molar-refractivity contribution >= 4 is 17.2 Å². The molecule has 0 aromatic carbocycles. The maximum absolute atomic E-state index is 12.1. The first-order chi connectivity index (χ1) is 9.02. The number of aryl methyl sites for hydroxylation is 3. The average Bonchev–Trinajstić information content (AvgIpc) is 2.93. The topological polar surface area (TPSA) is 83.6 Å². The molecule has 0 saturated carbocycles. The molecule has 1 amide bonds. The van der Waals surface area contributed by atoms with Crippen LogP contribution in [0.25, 0.3) is 0 Å². The van der Waals surface area contributed by atoms with Gasteiger partial charge >= 0.3 is 0 Å². The maximum Gasteiger partial charge on any atom is 0.274 e. The lowest BCUT2D eigenvalue weighted by Crippen LogP contribution is -2.29. The van der Waals surface area contributed by atoms with Gasteiger partial charge in [0.15, 0.2) is 5.69 Å². The Hall–Kier alpha value is -1.76. The van der Waals surface area contributed by atoms with E-state index in [1.165, 1.54) is 4.88 Å². The molecule has 2 heterocycles. The third-order valence-electron chi connectivity index (χ3n) is 2.99. The molecule has 2 rings (SSSR count). The summed E-state index contributed by atoms with van der Waals surface area (Å²) in [5, 5.41) is 14.0. The zero-order valence-electron chi connectivity index (χ0n) is 11.4. The second-order valence-electron chi connectivity index (χ2n) is 4.39. The molecular weight excluding hydrogens is 262 g/mol. The van der Waals surface area contributed by atoms with E-state index < -0.39 is 0 Å². The van der Waals surface area contributed by atoms with E-state index in [-0.39, 0.29) is 11.9 Å². The van der Waals surface area contributed by atoms with E-state index in [0.29, 0.717) is 11.4 Å². The average molecular weight is 279 g/mol. The molecule has 6 nitrogen and oxygen atoms in total. The van der Waals surface area contributed by atoms with E-state index in [9.17, 15) is 4.79 Å². The molecule has 0 radical (unpaired) electrons. The van der Waals surface area contributed by atoms with Crippen molar-refractivity contribution in [3.8, 4) is 0 Å². The summed E-state index contributed by atoms with van der Waals surface area (Å²) in [6, 6.07) is -0.0824. The van der Waals surface area contributed by atoms with Gasteiger partial charge in [-0.05, 0) is 27.2 Å². The number of aromatic amines is 1. The number of thiazole rings is 1. The monoisotopic (exact) mass is 279 g/mol. The van der Waals surface area contributed by atoms with Crippen LogP contribution >= 0.6 is 11.3 Å². The Morgan fingerprint density at radius 2 is 2.05 bits per heavy atom. The molecule has 0 saturated heterocycles. The highest BCUT2D eigenvalue weighted by atomic mass is 32.1. The van der Waals surface area contributed by atoms with Gasteiger partial charge in [-0.25, -0.2) is 4.98 Å². The molecule has 0 spiro atoms. The van der Waals surface area contributed by atoms with Crippen molar-refractivity contribution in [2.24, 2.45) is 0 Å². The van der Waals surface area contributed by atoms with Gasteiger partial charge in [0.2, 0.25) is 0 Å². The molecule has 102 valence electrons. The normalized spacial score (nSPS) is 12.4. The predicted molar refractivity (Wildman–Crippen MR) is 73.2 cm³/mol. The molecule has 7 heteroatoms. The van der Waals surface area contributed by atoms with Crippen LogP contribution in [0.3, 0.4) is 0 Å². The van der Waals surface area contributed by atoms with Crippen LogP contribution in [0.4, 0.5) is 0 Å². The van der Waals surface area contributed by atoms with Crippen molar-refractivity contribution in [1.29, 1.82) is 0 Å². The van der Waals surface area contributed by atoms with Crippen LogP contribution in [0, 0.1) is 20.8 Å². The van der Waals surface area contributed by atoms with Gasteiger partial charge in [-0.2, -0.15) is 15.4 Å². The summed E-state index contributed by atoms with van der Waals surface area (Å²) in [4.78, 5) is 17.8. The number of amides is 1. The summed E-state index contributed by atoms with van der Waals surface area (Å²) >= 11 is 1.62. The van der Waals surface area contributed by atoms with Crippen molar-refractivity contribution in [3.05, 3.63) is 27.0 Å². The SMILES string of the molecule is CC[C@H](NC(=O)c1n[nH]nc1C)c1nc(C)c(C)s1. The van der Waals surface area contributed by atoms with Gasteiger partial charge in [0.1, 0.15) is 5.01 Å². The maximum atomic E-state index is 12.1. The van der Waals surface area contributed by atoms with Gasteiger partial charge in [-0.1, -0.05) is 6.92 Å². The number of carbonyl (C=O) groups is 1. The third kappa shape index (κ3) is 2.81. The molecular formula is C12H17N5OS. The number of rotatable bonds is 4. The van der Waals surface area contributed by atoms with Gasteiger partial charge in [-0.3, -0.25) is 4.79 Å². The molecule has 0 unspecified atom stereocenters. The fourth-order valence-corrected chi connectivity index (χ4v) is 2.77. The highest BCUT2D eigenvalue weighted by Gasteiger charge is 2.20. The molecule has 2 N–H and O–H groups in total. The quantitative estimate of drug-likeness (QED) is 0.897. The van der Waals surface area contributed by atoms with Gasteiger partial charge in [0.05, 0.1) is 17.4 Å². The molecule has 0 aliphatic rings. The molecule has 0 aliphatic carbocycles. The molecule has 2 aromatic heterocycles. The van der Waals surface area contributed by atoms with Gasteiger partial charge < -0.3 is 5.32 Å². The lowest BCUT2D eigenvalue weighted by atomic mass is 10.2. The van der Waals surface area contributed by atoms with Gasteiger partial charge in [0, 0.05) is 4.88 Å². The Balaban J connectivity index is 2.16. The number of aromatic nitrogens is 4. The number of hydrogen-bond donors (Lipinski definition) is 2. The van der Waals surface area contributed by atoms with E-state index in [2.05, 4.69) is 25.7 Å². The molecule has 1 atom stereocenters. The summed E-state index contributed by atoms with van der Waals surface area (Å²) in [5.41, 5.74) is 1.95. The summed E-state index contributed by atoms with van der Waals surface area (Å²) in [6.45, 7) is 7.78. The van der Waals surface area contributed by atoms with Gasteiger partial charge in [-0.15, -0.1) is 11.3 Å². The smallest absolute Gasteiger partial charge is 0.274 e. The van der Waals surface area contributed by atoms with Crippen molar-refractivity contribution in [2.75, 3.05) is 0 Å². The fraction of sp³-hybridized carbons (Fsp3) is 0.500. The number of nitrogens with one attached hydrogen (secondary N) is 2. The molecule has 0 bridgehead atoms. The lowest BCUT2D eigenvalue weighted by molar-refractivity contribution is 0.0929. The van der Waals surface area contributed by atoms with Crippen LogP contribution in [0.15, 0.2) is 0 Å². The highest BCUT2D eigenvalue weighted by Crippen LogP contribution is 2.25. The van der Waals surface area contributed by atoms with Crippen LogP contribution < -0.4 is 5.32 Å². The van der Waals surface area contributed by atoms with E-state index in [1.54, 1.807) is 18.3 Å². The molecule has 0 fully saturated rings. The van der Waals surface area contributed by atoms with Gasteiger partial charge in [0.25, 0.3) is 5.91 Å². The molecule has 19 heavy (non-hydrogen) atoms. The number of hydrogen-bond acceptors (Lipinski definition) is 5. The van der Waals surface area contributed by atoms with E-state index >= 15 is 0 Å². The summed E-state index contributed by atoms with van der Waals surface area (Å²) in [7, 11) is 0. The largest absolute Gasteiger partial charge is 0.341 e. The molecule has 0 aliphatic heterocycles. The van der Waals surface area contributed by atoms with E-state index in [0.717, 1.165) is 17.1 Å². The number of H-pyrrole nitrogens is 1. The second-order valence-corrected chi connectivity index (χ2v) is 5.62. The Morgan fingerprint density at radius 1 is 1.32 bits per heavy atom. The standard InChI is InChI=1S/C12H17N5OS/c1-5-9(12-13-6(2)8(4)19-12)14-11(18)10-7(3)15-17-16-10/h9H,5H2,1-4H3,(H,14,18)(H,15,16,17)/t9-/m0/s1. The van der Waals surface area contributed by atoms with Crippen LogP contribution in [0.1, 0.15) is 51.1 Å². The summed E-state index contributed by atoms with van der Waals surface area (Å²) < 4.78 is 0. The number of carbonyl (C=O) groups excluding carboxylic acids is 1. The third-order valence-corrected chi connectivity index (χ3v) is 4.18. The first-order valence-corrected chi connectivity index (χ1v) is 6.96. The summed E-state index contributed by atoms with van der Waals surface area (Å²) in [6.07, 6.45) is 0.787. The minimum atomic E-state index is -0.219. The van der Waals surface area contributed by atoms with Crippen LogP contribution in [0.2, 0.25) is 0 Å². The number of nitrogens with zero attached hydrogens (tertiary/aromatic N) is 3. The second kappa shape index (κ2) is 5.48. The Bertz CT molecular complexity index is 569. The first-order valence-electron chi connectivity index (χ1n) is 6.15. The fourth-order valence-electron chi connectivity index (χ4n) is 1.71. The Morgan fingerprint density at radius 3 is 2.53 bits per heavy atom. The zero-order valence-corrected chi connectivity index (χ0v) is 12.3. The molecule has 2 aromatic rings. The summed E-state index contributed by atoms with van der Waals surface area (Å²) in [5.74, 6) is -0.219. The van der Waals surface area contributed by atoms with E-state index in [1.807, 2.05) is 20.8 Å². The van der Waals surface area contributed by atoms with Crippen molar-refractivity contribution in [1.82, 2.24) is 25.7 Å². The first kappa shape index (κ1) is 13.7. The zero-order chi connectivity index (χ0) is 14.0. The minimum absolute atomic E-state index is 0.0824. The van der Waals surface area contributed by atoms with E-state index in [4.69, 9.17) is 0 Å². The highest BCUT2D eigenvalue weighted by molar-refractivity contribution is 7.11. The van der Waals surface area contributed by atoms with Crippen molar-refractivity contribution in [3.63, 3.8) is 0 Å². The van der Waals surface area contributed by atoms with Crippen molar-refractivity contribution < 1.29 is 4.79 Å². The van der Waals surface area contributed by atoms with Crippen LogP contribution in [-0.4, -0.2) is 26.3 Å². The minimum Gasteiger partial charge on any atom is -0.341 e. The van der Waals surface area contributed by atoms with Crippen LogP contribution in [0.5, 0.6) is 0 Å². The lowest BCUT2D eigenvalue weighted by Gasteiger charge is -2.13.